The molecule has 3 unspecified atom stereocenters. The van der Waals surface area contributed by atoms with E-state index in [0.717, 1.165) is 34.9 Å². The summed E-state index contributed by atoms with van der Waals surface area (Å²) < 4.78 is 11.5. The number of aryl methyl sites for hydroxylation is 2. The highest BCUT2D eigenvalue weighted by atomic mass is 35.5. The highest BCUT2D eigenvalue weighted by Gasteiger charge is 2.42. The zero-order chi connectivity index (χ0) is 14.0. The molecule has 19 heavy (non-hydrogen) atoms. The van der Waals surface area contributed by atoms with Crippen LogP contribution in [-0.4, -0.2) is 31.9 Å². The first kappa shape index (κ1) is 14.6. The van der Waals surface area contributed by atoms with Gasteiger partial charge in [-0.05, 0) is 43.7 Å². The third-order valence-corrected chi connectivity index (χ3v) is 4.28. The number of likely N-dealkylation sites (N-methyl/N-ethyl adjacent to an activating group) is 1. The van der Waals surface area contributed by atoms with Crippen molar-refractivity contribution in [2.24, 2.45) is 0 Å². The van der Waals surface area contributed by atoms with Gasteiger partial charge < -0.3 is 14.8 Å². The van der Waals surface area contributed by atoms with Gasteiger partial charge in [0.1, 0.15) is 18.0 Å². The molecule has 4 heteroatoms. The lowest BCUT2D eigenvalue weighted by molar-refractivity contribution is -0.0884. The fourth-order valence-corrected chi connectivity index (χ4v) is 2.73. The minimum atomic E-state index is 0.119. The number of methoxy groups -OCH3 is 1. The van der Waals surface area contributed by atoms with E-state index in [1.165, 1.54) is 0 Å². The average molecular weight is 284 g/mol. The zero-order valence-corrected chi connectivity index (χ0v) is 12.8. The van der Waals surface area contributed by atoms with E-state index in [2.05, 4.69) is 12.2 Å². The summed E-state index contributed by atoms with van der Waals surface area (Å²) in [6.45, 7) is 7.06. The van der Waals surface area contributed by atoms with E-state index in [-0.39, 0.29) is 12.2 Å². The van der Waals surface area contributed by atoms with Gasteiger partial charge in [0, 0.05) is 24.6 Å². The van der Waals surface area contributed by atoms with Crippen molar-refractivity contribution in [3.05, 3.63) is 28.3 Å². The predicted octanol–water partition coefficient (Wildman–Crippen LogP) is 3.10. The molecule has 0 bridgehead atoms. The SMILES string of the molecule is CCNC1CC(Oc2cc(C)c(Cl)c(C)c2)C1OC. The standard InChI is InChI=1S/C15H22ClNO2/c1-5-17-12-8-13(15(12)18-4)19-11-6-9(2)14(16)10(3)7-11/h6-7,12-13,15,17H,5,8H2,1-4H3. The molecule has 3 atom stereocenters. The molecule has 3 nitrogen and oxygen atoms in total. The van der Waals surface area contributed by atoms with Crippen LogP contribution in [0.2, 0.25) is 5.02 Å². The molecule has 106 valence electrons. The maximum atomic E-state index is 6.16. The second-order valence-electron chi connectivity index (χ2n) is 5.13. The molecule has 1 aliphatic carbocycles. The Morgan fingerprint density at radius 3 is 2.47 bits per heavy atom. The van der Waals surface area contributed by atoms with Crippen LogP contribution in [0.5, 0.6) is 5.75 Å². The maximum absolute atomic E-state index is 6.16. The van der Waals surface area contributed by atoms with Crippen LogP contribution < -0.4 is 10.1 Å². The molecular formula is C15H22ClNO2. The Morgan fingerprint density at radius 1 is 1.32 bits per heavy atom. The smallest absolute Gasteiger partial charge is 0.128 e. The highest BCUT2D eigenvalue weighted by Crippen LogP contribution is 2.31. The van der Waals surface area contributed by atoms with Gasteiger partial charge in [-0.15, -0.1) is 0 Å². The lowest BCUT2D eigenvalue weighted by Crippen LogP contribution is -2.60. The van der Waals surface area contributed by atoms with Crippen molar-refractivity contribution < 1.29 is 9.47 Å². The molecule has 0 aliphatic heterocycles. The van der Waals surface area contributed by atoms with Crippen molar-refractivity contribution in [2.75, 3.05) is 13.7 Å². The number of nitrogens with one attached hydrogen (secondary N) is 1. The predicted molar refractivity (Wildman–Crippen MR) is 78.2 cm³/mol. The van der Waals surface area contributed by atoms with Crippen LogP contribution in [-0.2, 0) is 4.74 Å². The van der Waals surface area contributed by atoms with Crippen molar-refractivity contribution in [1.82, 2.24) is 5.32 Å². The van der Waals surface area contributed by atoms with E-state index in [4.69, 9.17) is 21.1 Å². The monoisotopic (exact) mass is 283 g/mol. The molecule has 1 fully saturated rings. The lowest BCUT2D eigenvalue weighted by atomic mass is 9.85. The average Bonchev–Trinajstić information content (AvgIpc) is 2.35. The molecule has 0 heterocycles. The van der Waals surface area contributed by atoms with E-state index in [0.29, 0.717) is 6.04 Å². The first-order valence-electron chi connectivity index (χ1n) is 6.76. The van der Waals surface area contributed by atoms with Gasteiger partial charge in [-0.2, -0.15) is 0 Å². The Morgan fingerprint density at radius 2 is 1.95 bits per heavy atom. The number of ether oxygens (including phenoxy) is 2. The molecule has 0 amide bonds. The van der Waals surface area contributed by atoms with Gasteiger partial charge in [-0.3, -0.25) is 0 Å². The summed E-state index contributed by atoms with van der Waals surface area (Å²) >= 11 is 6.16. The van der Waals surface area contributed by atoms with Gasteiger partial charge in [0.2, 0.25) is 0 Å². The summed E-state index contributed by atoms with van der Waals surface area (Å²) in [6.07, 6.45) is 1.22. The van der Waals surface area contributed by atoms with Gasteiger partial charge in [0.05, 0.1) is 0 Å². The second kappa shape index (κ2) is 6.12. The van der Waals surface area contributed by atoms with E-state index >= 15 is 0 Å². The quantitative estimate of drug-likeness (QED) is 0.901. The van der Waals surface area contributed by atoms with E-state index in [1.54, 1.807) is 7.11 Å². The summed E-state index contributed by atoms with van der Waals surface area (Å²) in [7, 11) is 1.74. The van der Waals surface area contributed by atoms with Gasteiger partial charge in [-0.25, -0.2) is 0 Å². The molecule has 2 rings (SSSR count). The zero-order valence-electron chi connectivity index (χ0n) is 12.0. The van der Waals surface area contributed by atoms with Gasteiger partial charge >= 0.3 is 0 Å². The largest absolute Gasteiger partial charge is 0.488 e. The van der Waals surface area contributed by atoms with E-state index in [9.17, 15) is 0 Å². The van der Waals surface area contributed by atoms with Crippen molar-refractivity contribution in [3.63, 3.8) is 0 Å². The third kappa shape index (κ3) is 3.04. The molecule has 0 aromatic heterocycles. The molecule has 1 N–H and O–H groups in total. The molecule has 1 aromatic rings. The van der Waals surface area contributed by atoms with Crippen molar-refractivity contribution in [2.45, 2.75) is 45.4 Å². The molecule has 0 radical (unpaired) electrons. The molecule has 0 saturated heterocycles. The minimum absolute atomic E-state index is 0.119. The first-order valence-corrected chi connectivity index (χ1v) is 7.14. The van der Waals surface area contributed by atoms with E-state index < -0.39 is 0 Å². The Bertz CT molecular complexity index is 427. The van der Waals surface area contributed by atoms with Crippen LogP contribution in [0.15, 0.2) is 12.1 Å². The molecular weight excluding hydrogens is 262 g/mol. The van der Waals surface area contributed by atoms with Gasteiger partial charge in [0.15, 0.2) is 0 Å². The Balaban J connectivity index is 2.02. The second-order valence-corrected chi connectivity index (χ2v) is 5.51. The van der Waals surface area contributed by atoms with E-state index in [1.807, 2.05) is 26.0 Å². The topological polar surface area (TPSA) is 30.5 Å². The van der Waals surface area contributed by atoms with Crippen LogP contribution in [0.4, 0.5) is 0 Å². The number of hydrogen-bond acceptors (Lipinski definition) is 3. The number of hydrogen-bond donors (Lipinski definition) is 1. The van der Waals surface area contributed by atoms with Crippen molar-refractivity contribution in [1.29, 1.82) is 0 Å². The lowest BCUT2D eigenvalue weighted by Gasteiger charge is -2.43. The van der Waals surface area contributed by atoms with Crippen molar-refractivity contribution in [3.8, 4) is 5.75 Å². The highest BCUT2D eigenvalue weighted by molar-refractivity contribution is 6.32. The summed E-state index contributed by atoms with van der Waals surface area (Å²) in [4.78, 5) is 0. The summed E-state index contributed by atoms with van der Waals surface area (Å²) in [6, 6.07) is 4.38. The van der Waals surface area contributed by atoms with Gasteiger partial charge in [0.25, 0.3) is 0 Å². The number of rotatable bonds is 5. The molecule has 1 aromatic carbocycles. The first-order chi connectivity index (χ1) is 9.06. The molecule has 1 saturated carbocycles. The van der Waals surface area contributed by atoms with Crippen molar-refractivity contribution >= 4 is 11.6 Å². The van der Waals surface area contributed by atoms with Crippen LogP contribution in [0.25, 0.3) is 0 Å². The third-order valence-electron chi connectivity index (χ3n) is 3.69. The minimum Gasteiger partial charge on any atom is -0.488 e. The summed E-state index contributed by atoms with van der Waals surface area (Å²) in [5.74, 6) is 0.876. The number of benzene rings is 1. The van der Waals surface area contributed by atoms with Crippen LogP contribution in [0.1, 0.15) is 24.5 Å². The Labute approximate surface area is 120 Å². The summed E-state index contributed by atoms with van der Waals surface area (Å²) in [5.41, 5.74) is 2.10. The van der Waals surface area contributed by atoms with Crippen LogP contribution >= 0.6 is 11.6 Å². The molecule has 1 aliphatic rings. The Kier molecular flexibility index (Phi) is 4.71. The van der Waals surface area contributed by atoms with Crippen LogP contribution in [0.3, 0.4) is 0 Å². The molecule has 0 spiro atoms. The van der Waals surface area contributed by atoms with Gasteiger partial charge in [-0.1, -0.05) is 18.5 Å². The maximum Gasteiger partial charge on any atom is 0.128 e. The summed E-state index contributed by atoms with van der Waals surface area (Å²) in [5, 5.41) is 4.22. The fraction of sp³-hybridized carbons (Fsp3) is 0.600. The van der Waals surface area contributed by atoms with Crippen LogP contribution in [0, 0.1) is 13.8 Å². The fourth-order valence-electron chi connectivity index (χ4n) is 2.62. The normalized spacial score (nSPS) is 26.1. The Hall–Kier alpha value is -0.770. The number of halogens is 1.